The number of hydrogen-bond acceptors (Lipinski definition) is 4. The summed E-state index contributed by atoms with van der Waals surface area (Å²) in [7, 11) is 0. The normalized spacial score (nSPS) is 11.2. The van der Waals surface area contributed by atoms with Crippen LogP contribution in [0.25, 0.3) is 0 Å². The van der Waals surface area contributed by atoms with Crippen molar-refractivity contribution in [3.8, 4) is 0 Å². The highest BCUT2D eigenvalue weighted by Gasteiger charge is 2.27. The van der Waals surface area contributed by atoms with Gasteiger partial charge in [-0.25, -0.2) is 4.79 Å². The Kier molecular flexibility index (Phi) is 3.69. The first-order valence-electron chi connectivity index (χ1n) is 4.24. The number of rotatable bonds is 3. The van der Waals surface area contributed by atoms with Crippen molar-refractivity contribution in [1.82, 2.24) is 20.8 Å². The number of amides is 2. The van der Waals surface area contributed by atoms with Crippen LogP contribution >= 0.6 is 0 Å². The van der Waals surface area contributed by atoms with E-state index in [0.717, 1.165) is 0 Å². The van der Waals surface area contributed by atoms with E-state index >= 15 is 0 Å². The molecule has 6 nitrogen and oxygen atoms in total. The first-order chi connectivity index (χ1) is 7.37. The Morgan fingerprint density at radius 2 is 2.12 bits per heavy atom. The average molecular weight is 238 g/mol. The molecule has 0 saturated carbocycles. The summed E-state index contributed by atoms with van der Waals surface area (Å²) in [5, 5.41) is 7.22. The molecule has 1 heterocycles. The van der Waals surface area contributed by atoms with Crippen LogP contribution in [0.4, 0.5) is 18.0 Å². The number of halogens is 3. The van der Waals surface area contributed by atoms with Gasteiger partial charge in [0, 0.05) is 0 Å². The minimum absolute atomic E-state index is 0.121. The second kappa shape index (κ2) is 4.81. The van der Waals surface area contributed by atoms with E-state index in [-0.39, 0.29) is 12.4 Å². The first-order valence-corrected chi connectivity index (χ1v) is 4.24. The van der Waals surface area contributed by atoms with Crippen molar-refractivity contribution in [2.45, 2.75) is 19.6 Å². The van der Waals surface area contributed by atoms with Gasteiger partial charge in [-0.1, -0.05) is 5.16 Å². The minimum atomic E-state index is -4.43. The van der Waals surface area contributed by atoms with E-state index in [0.29, 0.717) is 5.82 Å². The van der Waals surface area contributed by atoms with Gasteiger partial charge >= 0.3 is 12.2 Å². The molecule has 0 aliphatic rings. The van der Waals surface area contributed by atoms with Gasteiger partial charge in [0.25, 0.3) is 0 Å². The van der Waals surface area contributed by atoms with Crippen molar-refractivity contribution in [1.29, 1.82) is 0 Å². The zero-order valence-electron chi connectivity index (χ0n) is 8.26. The maximum Gasteiger partial charge on any atom is 0.405 e. The summed E-state index contributed by atoms with van der Waals surface area (Å²) in [5.41, 5.74) is 0. The van der Waals surface area contributed by atoms with E-state index in [2.05, 4.69) is 20.0 Å². The third kappa shape index (κ3) is 4.62. The topological polar surface area (TPSA) is 80.0 Å². The van der Waals surface area contributed by atoms with Crippen molar-refractivity contribution < 1.29 is 22.5 Å². The molecule has 0 bridgehead atoms. The number of carbonyl (C=O) groups is 1. The largest absolute Gasteiger partial charge is 0.405 e. The van der Waals surface area contributed by atoms with E-state index in [1.54, 1.807) is 12.2 Å². The van der Waals surface area contributed by atoms with Gasteiger partial charge in [0.15, 0.2) is 5.82 Å². The van der Waals surface area contributed by atoms with Gasteiger partial charge in [-0.3, -0.25) is 0 Å². The molecule has 90 valence electrons. The predicted octanol–water partition coefficient (Wildman–Crippen LogP) is 0.740. The molecule has 0 fully saturated rings. The standard InChI is InChI=1S/C7H9F3N4O2/c1-4-13-5(16-14-4)2-11-6(15)12-3-7(8,9)10/h2-3H2,1H3,(H2,11,12,15). The highest BCUT2D eigenvalue weighted by atomic mass is 19.4. The summed E-state index contributed by atoms with van der Waals surface area (Å²) in [5.74, 6) is 0.507. The second-order valence-corrected chi connectivity index (χ2v) is 2.89. The van der Waals surface area contributed by atoms with Gasteiger partial charge in [-0.05, 0) is 6.92 Å². The minimum Gasteiger partial charge on any atom is -0.337 e. The Bertz CT molecular complexity index is 363. The van der Waals surface area contributed by atoms with Crippen LogP contribution < -0.4 is 10.6 Å². The first kappa shape index (κ1) is 12.3. The molecule has 0 saturated heterocycles. The average Bonchev–Trinajstić information content (AvgIpc) is 2.57. The molecule has 0 spiro atoms. The van der Waals surface area contributed by atoms with Crippen LogP contribution in [0.15, 0.2) is 4.52 Å². The molecule has 0 radical (unpaired) electrons. The molecule has 0 aliphatic heterocycles. The molecule has 0 atom stereocenters. The molecule has 9 heteroatoms. The van der Waals surface area contributed by atoms with Crippen molar-refractivity contribution >= 4 is 6.03 Å². The quantitative estimate of drug-likeness (QED) is 0.813. The fraction of sp³-hybridized carbons (Fsp3) is 0.571. The van der Waals surface area contributed by atoms with Crippen LogP contribution in [0.2, 0.25) is 0 Å². The lowest BCUT2D eigenvalue weighted by molar-refractivity contribution is -0.122. The number of nitrogens with zero attached hydrogens (tertiary/aromatic N) is 2. The monoisotopic (exact) mass is 238 g/mol. The number of alkyl halides is 3. The molecule has 2 amide bonds. The van der Waals surface area contributed by atoms with Crippen molar-refractivity contribution in [2.24, 2.45) is 0 Å². The number of hydrogen-bond donors (Lipinski definition) is 2. The van der Waals surface area contributed by atoms with Gasteiger partial charge in [0.05, 0.1) is 6.54 Å². The third-order valence-electron chi connectivity index (χ3n) is 1.42. The molecule has 0 aliphatic carbocycles. The zero-order valence-corrected chi connectivity index (χ0v) is 8.26. The highest BCUT2D eigenvalue weighted by Crippen LogP contribution is 2.11. The third-order valence-corrected chi connectivity index (χ3v) is 1.42. The molecule has 16 heavy (non-hydrogen) atoms. The summed E-state index contributed by atoms with van der Waals surface area (Å²) >= 11 is 0. The van der Waals surface area contributed by atoms with Gasteiger partial charge in [0.2, 0.25) is 5.89 Å². The number of urea groups is 1. The van der Waals surface area contributed by atoms with E-state index in [1.165, 1.54) is 0 Å². The molecule has 1 rings (SSSR count). The molecule has 1 aromatic heterocycles. The molecular weight excluding hydrogens is 229 g/mol. The maximum absolute atomic E-state index is 11.7. The van der Waals surface area contributed by atoms with Crippen LogP contribution in [0.3, 0.4) is 0 Å². The SMILES string of the molecule is Cc1noc(CNC(=O)NCC(F)(F)F)n1. The van der Waals surface area contributed by atoms with Gasteiger partial charge in [-0.15, -0.1) is 0 Å². The summed E-state index contributed by atoms with van der Waals surface area (Å²) in [6.45, 7) is 0.0724. The second-order valence-electron chi connectivity index (χ2n) is 2.89. The smallest absolute Gasteiger partial charge is 0.337 e. The number of carbonyl (C=O) groups excluding carboxylic acids is 1. The van der Waals surface area contributed by atoms with Crippen molar-refractivity contribution in [2.75, 3.05) is 6.54 Å². The van der Waals surface area contributed by atoms with Crippen LogP contribution in [-0.4, -0.2) is 28.9 Å². The summed E-state index contributed by atoms with van der Waals surface area (Å²) < 4.78 is 39.7. The van der Waals surface area contributed by atoms with E-state index in [4.69, 9.17) is 0 Å². The van der Waals surface area contributed by atoms with Gasteiger partial charge in [-0.2, -0.15) is 18.2 Å². The summed E-state index contributed by atoms with van der Waals surface area (Å²) in [4.78, 5) is 14.6. The van der Waals surface area contributed by atoms with Crippen molar-refractivity contribution in [3.63, 3.8) is 0 Å². The lowest BCUT2D eigenvalue weighted by Crippen LogP contribution is -2.40. The Hall–Kier alpha value is -1.80. The fourth-order valence-corrected chi connectivity index (χ4v) is 0.811. The Morgan fingerprint density at radius 3 is 2.62 bits per heavy atom. The molecule has 1 aromatic rings. The maximum atomic E-state index is 11.7. The van der Waals surface area contributed by atoms with Gasteiger partial charge in [0.1, 0.15) is 6.54 Å². The lowest BCUT2D eigenvalue weighted by atomic mass is 10.6. The molecule has 2 N–H and O–H groups in total. The van der Waals surface area contributed by atoms with Crippen LogP contribution in [0, 0.1) is 6.92 Å². The fourth-order valence-electron chi connectivity index (χ4n) is 0.811. The summed E-state index contributed by atoms with van der Waals surface area (Å²) in [6, 6.07) is -0.951. The number of aromatic nitrogens is 2. The zero-order chi connectivity index (χ0) is 12.2. The molecule has 0 aromatic carbocycles. The lowest BCUT2D eigenvalue weighted by Gasteiger charge is -2.08. The number of aryl methyl sites for hydroxylation is 1. The predicted molar refractivity (Wildman–Crippen MR) is 45.3 cm³/mol. The Morgan fingerprint density at radius 1 is 1.44 bits per heavy atom. The molecular formula is C7H9F3N4O2. The van der Waals surface area contributed by atoms with Crippen molar-refractivity contribution in [3.05, 3.63) is 11.7 Å². The van der Waals surface area contributed by atoms with Crippen LogP contribution in [-0.2, 0) is 6.54 Å². The Labute approximate surface area is 88.2 Å². The highest BCUT2D eigenvalue weighted by molar-refractivity contribution is 5.73. The van der Waals surface area contributed by atoms with E-state index < -0.39 is 18.8 Å². The number of nitrogens with one attached hydrogen (secondary N) is 2. The Balaban J connectivity index is 2.25. The molecule has 0 unspecified atom stereocenters. The van der Waals surface area contributed by atoms with Crippen LogP contribution in [0.5, 0.6) is 0 Å². The van der Waals surface area contributed by atoms with Gasteiger partial charge < -0.3 is 15.2 Å². The van der Waals surface area contributed by atoms with E-state index in [9.17, 15) is 18.0 Å². The van der Waals surface area contributed by atoms with E-state index in [1.807, 2.05) is 0 Å². The summed E-state index contributed by atoms with van der Waals surface area (Å²) in [6.07, 6.45) is -4.43. The van der Waals surface area contributed by atoms with Crippen LogP contribution in [0.1, 0.15) is 11.7 Å².